The van der Waals surface area contributed by atoms with Gasteiger partial charge in [0.2, 0.25) is 0 Å². The number of halogens is 1. The highest BCUT2D eigenvalue weighted by molar-refractivity contribution is 14.1. The summed E-state index contributed by atoms with van der Waals surface area (Å²) < 4.78 is 1.02. The number of nitriles is 1. The number of nitrogens with zero attached hydrogens (tertiary/aromatic N) is 2. The molecule has 16 heavy (non-hydrogen) atoms. The van der Waals surface area contributed by atoms with Gasteiger partial charge < -0.3 is 4.90 Å². The van der Waals surface area contributed by atoms with Gasteiger partial charge in [-0.15, -0.1) is 0 Å². The van der Waals surface area contributed by atoms with E-state index in [0.717, 1.165) is 3.57 Å². The van der Waals surface area contributed by atoms with Gasteiger partial charge in [0, 0.05) is 15.2 Å². The highest BCUT2D eigenvalue weighted by atomic mass is 127. The van der Waals surface area contributed by atoms with Gasteiger partial charge in [-0.1, -0.05) is 6.07 Å². The summed E-state index contributed by atoms with van der Waals surface area (Å²) in [5.41, 5.74) is 0.635. The quantitative estimate of drug-likeness (QED) is 0.632. The summed E-state index contributed by atoms with van der Waals surface area (Å²) in [6, 6.07) is 9.43. The van der Waals surface area contributed by atoms with E-state index in [1.165, 1.54) is 0 Å². The van der Waals surface area contributed by atoms with E-state index in [-0.39, 0.29) is 18.5 Å². The summed E-state index contributed by atoms with van der Waals surface area (Å²) in [5, 5.41) is 8.69. The van der Waals surface area contributed by atoms with Gasteiger partial charge in [0.05, 0.1) is 6.07 Å². The van der Waals surface area contributed by atoms with Crippen molar-refractivity contribution in [3.63, 3.8) is 0 Å². The lowest BCUT2D eigenvalue weighted by Gasteiger charge is -2.23. The molecule has 0 aliphatic rings. The standard InChI is InChI=1S/C12H13IN2O/c1-9(2)15(7-6-14)12(16)10-4-3-5-11(13)8-10/h3-5,8-9H,7H2,1-2H3. The number of benzene rings is 1. The molecule has 0 aliphatic carbocycles. The van der Waals surface area contributed by atoms with Crippen LogP contribution in [0.25, 0.3) is 0 Å². The van der Waals surface area contributed by atoms with Crippen molar-refractivity contribution in [2.45, 2.75) is 19.9 Å². The molecule has 0 saturated carbocycles. The average Bonchev–Trinajstić information content (AvgIpc) is 2.24. The Bertz CT molecular complexity index is 423. The molecule has 0 heterocycles. The number of carbonyl (C=O) groups excluding carboxylic acids is 1. The van der Waals surface area contributed by atoms with Gasteiger partial charge in [-0.05, 0) is 54.6 Å². The summed E-state index contributed by atoms with van der Waals surface area (Å²) in [6.07, 6.45) is 0. The van der Waals surface area contributed by atoms with Crippen LogP contribution in [0.1, 0.15) is 24.2 Å². The lowest BCUT2D eigenvalue weighted by molar-refractivity contribution is 0.0731. The molecule has 3 nitrogen and oxygen atoms in total. The molecule has 1 amide bonds. The maximum absolute atomic E-state index is 12.1. The third-order valence-electron chi connectivity index (χ3n) is 2.20. The molecule has 0 bridgehead atoms. The number of amides is 1. The van der Waals surface area contributed by atoms with Crippen molar-refractivity contribution in [3.8, 4) is 6.07 Å². The van der Waals surface area contributed by atoms with Crippen molar-refractivity contribution in [3.05, 3.63) is 33.4 Å². The van der Waals surface area contributed by atoms with Crippen molar-refractivity contribution >= 4 is 28.5 Å². The fraction of sp³-hybridized carbons (Fsp3) is 0.333. The number of carbonyl (C=O) groups is 1. The zero-order valence-corrected chi connectivity index (χ0v) is 11.4. The number of rotatable bonds is 3. The smallest absolute Gasteiger partial charge is 0.254 e. The minimum Gasteiger partial charge on any atom is -0.323 e. The molecule has 0 N–H and O–H groups in total. The Balaban J connectivity index is 2.95. The zero-order chi connectivity index (χ0) is 12.1. The fourth-order valence-corrected chi connectivity index (χ4v) is 1.90. The minimum absolute atomic E-state index is 0.0324. The van der Waals surface area contributed by atoms with Crippen LogP contribution >= 0.6 is 22.6 Å². The molecular formula is C12H13IN2O. The van der Waals surface area contributed by atoms with Crippen molar-refractivity contribution in [2.24, 2.45) is 0 Å². The highest BCUT2D eigenvalue weighted by Gasteiger charge is 2.18. The summed E-state index contributed by atoms with van der Waals surface area (Å²) in [5.74, 6) is -0.0879. The number of hydrogen-bond acceptors (Lipinski definition) is 2. The molecule has 0 unspecified atom stereocenters. The fourth-order valence-electron chi connectivity index (χ4n) is 1.35. The summed E-state index contributed by atoms with van der Waals surface area (Å²) >= 11 is 2.17. The van der Waals surface area contributed by atoms with Gasteiger partial charge in [-0.2, -0.15) is 5.26 Å². The monoisotopic (exact) mass is 328 g/mol. The van der Waals surface area contributed by atoms with Gasteiger partial charge in [0.15, 0.2) is 0 Å². The van der Waals surface area contributed by atoms with Crippen molar-refractivity contribution in [2.75, 3.05) is 6.54 Å². The van der Waals surface area contributed by atoms with Crippen LogP contribution in [0.4, 0.5) is 0 Å². The van der Waals surface area contributed by atoms with Crippen LogP contribution in [0.2, 0.25) is 0 Å². The van der Waals surface area contributed by atoms with Gasteiger partial charge in [0.1, 0.15) is 6.54 Å². The van der Waals surface area contributed by atoms with Gasteiger partial charge in [-0.3, -0.25) is 4.79 Å². The van der Waals surface area contributed by atoms with E-state index in [2.05, 4.69) is 22.6 Å². The SMILES string of the molecule is CC(C)N(CC#N)C(=O)c1cccc(I)c1. The molecule has 0 atom stereocenters. The maximum Gasteiger partial charge on any atom is 0.254 e. The Labute approximate surface area is 109 Å². The minimum atomic E-state index is -0.0879. The second kappa shape index (κ2) is 5.85. The Morgan fingerprint density at radius 2 is 2.25 bits per heavy atom. The molecule has 1 aromatic carbocycles. The predicted octanol–water partition coefficient (Wildman–Crippen LogP) is 2.67. The molecule has 1 aromatic rings. The Morgan fingerprint density at radius 3 is 2.75 bits per heavy atom. The van der Waals surface area contributed by atoms with Crippen LogP contribution in [0.15, 0.2) is 24.3 Å². The van der Waals surface area contributed by atoms with Crippen molar-refractivity contribution < 1.29 is 4.79 Å². The van der Waals surface area contributed by atoms with Crippen LogP contribution < -0.4 is 0 Å². The molecule has 0 aliphatic heterocycles. The van der Waals surface area contributed by atoms with Crippen molar-refractivity contribution in [1.29, 1.82) is 5.26 Å². The third-order valence-corrected chi connectivity index (χ3v) is 2.87. The lowest BCUT2D eigenvalue weighted by Crippen LogP contribution is -2.37. The van der Waals surface area contributed by atoms with Gasteiger partial charge in [-0.25, -0.2) is 0 Å². The highest BCUT2D eigenvalue weighted by Crippen LogP contribution is 2.12. The Hall–Kier alpha value is -1.09. The normalized spacial score (nSPS) is 9.94. The van der Waals surface area contributed by atoms with Crippen LogP contribution in [0.5, 0.6) is 0 Å². The maximum atomic E-state index is 12.1. The lowest BCUT2D eigenvalue weighted by atomic mass is 10.2. The summed E-state index contributed by atoms with van der Waals surface area (Å²) in [7, 11) is 0. The Morgan fingerprint density at radius 1 is 1.56 bits per heavy atom. The second-order valence-corrected chi connectivity index (χ2v) is 4.94. The van der Waals surface area contributed by atoms with E-state index >= 15 is 0 Å². The first-order valence-corrected chi connectivity index (χ1v) is 6.07. The first-order chi connectivity index (χ1) is 7.56. The molecular weight excluding hydrogens is 315 g/mol. The molecule has 1 rings (SSSR count). The predicted molar refractivity (Wildman–Crippen MR) is 70.9 cm³/mol. The van der Waals surface area contributed by atoms with Crippen LogP contribution in [0, 0.1) is 14.9 Å². The molecule has 0 saturated heterocycles. The van der Waals surface area contributed by atoms with E-state index in [1.54, 1.807) is 11.0 Å². The van der Waals surface area contributed by atoms with Crippen LogP contribution in [-0.4, -0.2) is 23.4 Å². The first kappa shape index (κ1) is 13.0. The third kappa shape index (κ3) is 3.20. The molecule has 0 spiro atoms. The van der Waals surface area contributed by atoms with E-state index in [0.29, 0.717) is 5.56 Å². The zero-order valence-electron chi connectivity index (χ0n) is 9.27. The first-order valence-electron chi connectivity index (χ1n) is 4.99. The van der Waals surface area contributed by atoms with Crippen molar-refractivity contribution in [1.82, 2.24) is 4.90 Å². The largest absolute Gasteiger partial charge is 0.323 e. The summed E-state index contributed by atoms with van der Waals surface area (Å²) in [6.45, 7) is 3.94. The molecule has 0 radical (unpaired) electrons. The molecule has 0 fully saturated rings. The van der Waals surface area contributed by atoms with Crippen LogP contribution in [-0.2, 0) is 0 Å². The molecule has 0 aromatic heterocycles. The average molecular weight is 328 g/mol. The van der Waals surface area contributed by atoms with E-state index in [9.17, 15) is 4.79 Å². The second-order valence-electron chi connectivity index (χ2n) is 3.70. The van der Waals surface area contributed by atoms with Crippen LogP contribution in [0.3, 0.4) is 0 Å². The summed E-state index contributed by atoms with van der Waals surface area (Å²) in [4.78, 5) is 13.7. The van der Waals surface area contributed by atoms with Gasteiger partial charge >= 0.3 is 0 Å². The van der Waals surface area contributed by atoms with E-state index in [1.807, 2.05) is 38.1 Å². The van der Waals surface area contributed by atoms with E-state index < -0.39 is 0 Å². The topological polar surface area (TPSA) is 44.1 Å². The molecule has 4 heteroatoms. The molecule has 84 valence electrons. The van der Waals surface area contributed by atoms with E-state index in [4.69, 9.17) is 5.26 Å². The number of hydrogen-bond donors (Lipinski definition) is 0. The Kier molecular flexibility index (Phi) is 4.74. The van der Waals surface area contributed by atoms with Gasteiger partial charge in [0.25, 0.3) is 5.91 Å².